The number of nitrogens with zero attached hydrogens (tertiary/aromatic N) is 2. The molecule has 19 heavy (non-hydrogen) atoms. The largest absolute Gasteiger partial charge is 0.487 e. The Morgan fingerprint density at radius 2 is 2.21 bits per heavy atom. The number of rotatable bonds is 6. The highest BCUT2D eigenvalue weighted by molar-refractivity contribution is 5.48. The number of ether oxygens (including phenoxy) is 1. The highest BCUT2D eigenvalue weighted by Crippen LogP contribution is 2.29. The Morgan fingerprint density at radius 3 is 2.74 bits per heavy atom. The van der Waals surface area contributed by atoms with Crippen LogP contribution in [0.15, 0.2) is 18.2 Å². The van der Waals surface area contributed by atoms with Crippen molar-refractivity contribution in [3.63, 3.8) is 0 Å². The van der Waals surface area contributed by atoms with Crippen molar-refractivity contribution in [3.8, 4) is 11.8 Å². The summed E-state index contributed by atoms with van der Waals surface area (Å²) in [5, 5.41) is 19.8. The van der Waals surface area contributed by atoms with E-state index in [0.717, 1.165) is 0 Å². The predicted octanol–water partition coefficient (Wildman–Crippen LogP) is 2.37. The molecule has 0 bridgehead atoms. The fourth-order valence-corrected chi connectivity index (χ4v) is 1.43. The van der Waals surface area contributed by atoms with Gasteiger partial charge in [0.2, 0.25) is 0 Å². The Morgan fingerprint density at radius 1 is 1.53 bits per heavy atom. The number of nitro groups is 1. The second-order valence-electron chi connectivity index (χ2n) is 4.86. The molecule has 0 fully saturated rings. The van der Waals surface area contributed by atoms with Gasteiger partial charge in [0, 0.05) is 12.6 Å². The van der Waals surface area contributed by atoms with E-state index in [1.165, 1.54) is 6.07 Å². The second kappa shape index (κ2) is 6.16. The zero-order valence-electron chi connectivity index (χ0n) is 11.0. The third-order valence-electron chi connectivity index (χ3n) is 2.74. The van der Waals surface area contributed by atoms with Crippen LogP contribution in [0.25, 0.3) is 0 Å². The van der Waals surface area contributed by atoms with Gasteiger partial charge in [0.25, 0.3) is 0 Å². The molecule has 1 aromatic rings. The lowest BCUT2D eigenvalue weighted by molar-refractivity contribution is -0.385. The maximum absolute atomic E-state index is 10.9. The van der Waals surface area contributed by atoms with Crippen LogP contribution in [0.2, 0.25) is 0 Å². The van der Waals surface area contributed by atoms with E-state index in [2.05, 4.69) is 6.07 Å². The molecule has 0 atom stereocenters. The molecule has 0 saturated carbocycles. The predicted molar refractivity (Wildman–Crippen MR) is 70.5 cm³/mol. The maximum Gasteiger partial charge on any atom is 0.311 e. The highest BCUT2D eigenvalue weighted by Gasteiger charge is 2.19. The zero-order chi connectivity index (χ0) is 14.5. The van der Waals surface area contributed by atoms with Crippen molar-refractivity contribution in [2.24, 2.45) is 11.1 Å². The van der Waals surface area contributed by atoms with Gasteiger partial charge in [0.05, 0.1) is 23.0 Å². The van der Waals surface area contributed by atoms with Gasteiger partial charge in [-0.3, -0.25) is 10.1 Å². The van der Waals surface area contributed by atoms with Gasteiger partial charge in [-0.15, -0.1) is 0 Å². The Bertz CT molecular complexity index is 506. The molecule has 0 saturated heterocycles. The molecule has 0 aliphatic carbocycles. The first-order valence-electron chi connectivity index (χ1n) is 5.91. The lowest BCUT2D eigenvalue weighted by atomic mass is 9.92. The standard InChI is InChI=1S/C13H17N3O3/c1-13(2,9-15)5-6-19-12-4-3-10(8-14)7-11(12)16(17)18/h3-4,7H,5-6,8,14H2,1-2H3. The Hall–Kier alpha value is -2.13. The van der Waals surface area contributed by atoms with Gasteiger partial charge in [-0.25, -0.2) is 0 Å². The van der Waals surface area contributed by atoms with Crippen molar-refractivity contribution in [1.29, 1.82) is 5.26 Å². The summed E-state index contributed by atoms with van der Waals surface area (Å²) in [6, 6.07) is 6.79. The lowest BCUT2D eigenvalue weighted by Gasteiger charge is -2.15. The molecular weight excluding hydrogens is 246 g/mol. The van der Waals surface area contributed by atoms with Crippen LogP contribution in [-0.2, 0) is 6.54 Å². The van der Waals surface area contributed by atoms with Crippen LogP contribution in [0.5, 0.6) is 5.75 Å². The van der Waals surface area contributed by atoms with Gasteiger partial charge in [-0.1, -0.05) is 6.07 Å². The third kappa shape index (κ3) is 4.23. The minimum absolute atomic E-state index is 0.0993. The van der Waals surface area contributed by atoms with Crippen molar-refractivity contribution in [2.45, 2.75) is 26.8 Å². The summed E-state index contributed by atoms with van der Waals surface area (Å²) in [6.45, 7) is 4.08. The van der Waals surface area contributed by atoms with Gasteiger partial charge >= 0.3 is 5.69 Å². The Kier molecular flexibility index (Phi) is 4.84. The van der Waals surface area contributed by atoms with E-state index in [9.17, 15) is 10.1 Å². The monoisotopic (exact) mass is 263 g/mol. The Balaban J connectivity index is 2.79. The molecule has 2 N–H and O–H groups in total. The van der Waals surface area contributed by atoms with Crippen LogP contribution in [0.4, 0.5) is 5.69 Å². The summed E-state index contributed by atoms with van der Waals surface area (Å²) in [5.74, 6) is 0.205. The average molecular weight is 263 g/mol. The molecule has 0 aliphatic rings. The second-order valence-corrected chi connectivity index (χ2v) is 4.86. The topological polar surface area (TPSA) is 102 Å². The van der Waals surface area contributed by atoms with E-state index in [4.69, 9.17) is 15.7 Å². The molecular formula is C13H17N3O3. The highest BCUT2D eigenvalue weighted by atomic mass is 16.6. The number of hydrogen-bond donors (Lipinski definition) is 1. The van der Waals surface area contributed by atoms with Crippen LogP contribution in [0.3, 0.4) is 0 Å². The lowest BCUT2D eigenvalue weighted by Crippen LogP contribution is -2.13. The van der Waals surface area contributed by atoms with Crippen molar-refractivity contribution in [2.75, 3.05) is 6.61 Å². The minimum atomic E-state index is -0.508. The molecule has 0 aromatic heterocycles. The smallest absolute Gasteiger partial charge is 0.311 e. The summed E-state index contributed by atoms with van der Waals surface area (Å²) in [6.07, 6.45) is 0.499. The third-order valence-corrected chi connectivity index (χ3v) is 2.74. The van der Waals surface area contributed by atoms with Gasteiger partial charge in [0.1, 0.15) is 0 Å². The fraction of sp³-hybridized carbons (Fsp3) is 0.462. The van der Waals surface area contributed by atoms with Crippen LogP contribution >= 0.6 is 0 Å². The summed E-state index contributed by atoms with van der Waals surface area (Å²) in [4.78, 5) is 10.4. The molecule has 0 spiro atoms. The first-order chi connectivity index (χ1) is 8.89. The average Bonchev–Trinajstić information content (AvgIpc) is 2.38. The molecule has 102 valence electrons. The number of nitrogens with two attached hydrogens (primary N) is 1. The van der Waals surface area contributed by atoms with Gasteiger partial charge in [-0.05, 0) is 31.9 Å². The van der Waals surface area contributed by atoms with Gasteiger partial charge < -0.3 is 10.5 Å². The molecule has 1 rings (SSSR count). The molecule has 0 aliphatic heterocycles. The van der Waals surface area contributed by atoms with E-state index < -0.39 is 10.3 Å². The van der Waals surface area contributed by atoms with Crippen LogP contribution in [0.1, 0.15) is 25.8 Å². The number of nitriles is 1. The molecule has 1 aromatic carbocycles. The van der Waals surface area contributed by atoms with Crippen molar-refractivity contribution < 1.29 is 9.66 Å². The van der Waals surface area contributed by atoms with E-state index in [0.29, 0.717) is 12.0 Å². The molecule has 0 radical (unpaired) electrons. The van der Waals surface area contributed by atoms with Gasteiger partial charge in [-0.2, -0.15) is 5.26 Å². The molecule has 0 unspecified atom stereocenters. The number of benzene rings is 1. The van der Waals surface area contributed by atoms with E-state index in [1.807, 2.05) is 0 Å². The maximum atomic E-state index is 10.9. The van der Waals surface area contributed by atoms with E-state index in [-0.39, 0.29) is 24.6 Å². The summed E-state index contributed by atoms with van der Waals surface area (Å²) < 4.78 is 5.40. The molecule has 6 heteroatoms. The fourth-order valence-electron chi connectivity index (χ4n) is 1.43. The normalized spacial score (nSPS) is 10.8. The molecule has 0 amide bonds. The quantitative estimate of drug-likeness (QED) is 0.627. The van der Waals surface area contributed by atoms with Crippen LogP contribution in [-0.4, -0.2) is 11.5 Å². The Labute approximate surface area is 111 Å². The van der Waals surface area contributed by atoms with Crippen molar-refractivity contribution in [1.82, 2.24) is 0 Å². The molecule has 0 heterocycles. The summed E-state index contributed by atoms with van der Waals surface area (Å²) in [5.41, 5.74) is 5.51. The summed E-state index contributed by atoms with van der Waals surface area (Å²) >= 11 is 0. The minimum Gasteiger partial charge on any atom is -0.487 e. The van der Waals surface area contributed by atoms with E-state index in [1.54, 1.807) is 26.0 Å². The van der Waals surface area contributed by atoms with Crippen LogP contribution < -0.4 is 10.5 Å². The van der Waals surface area contributed by atoms with Crippen molar-refractivity contribution >= 4 is 5.69 Å². The zero-order valence-corrected chi connectivity index (χ0v) is 11.0. The molecule has 6 nitrogen and oxygen atoms in total. The SMILES string of the molecule is CC(C)(C#N)CCOc1ccc(CN)cc1[N+](=O)[O-]. The first kappa shape index (κ1) is 14.9. The number of nitro benzene ring substituents is 1. The van der Waals surface area contributed by atoms with E-state index >= 15 is 0 Å². The van der Waals surface area contributed by atoms with Crippen molar-refractivity contribution in [3.05, 3.63) is 33.9 Å². The van der Waals surface area contributed by atoms with Crippen LogP contribution in [0, 0.1) is 26.9 Å². The summed E-state index contributed by atoms with van der Waals surface area (Å²) in [7, 11) is 0. The number of hydrogen-bond acceptors (Lipinski definition) is 5. The van der Waals surface area contributed by atoms with Gasteiger partial charge in [0.15, 0.2) is 5.75 Å². The first-order valence-corrected chi connectivity index (χ1v) is 5.91.